The Bertz CT molecular complexity index is 1040. The lowest BCUT2D eigenvalue weighted by molar-refractivity contribution is 0.000598. The summed E-state index contributed by atoms with van der Waals surface area (Å²) in [6.45, 7) is 2.70. The second-order valence-corrected chi connectivity index (χ2v) is 7.21. The Balaban J connectivity index is 1.49. The van der Waals surface area contributed by atoms with Gasteiger partial charge in [-0.15, -0.1) is 0 Å². The van der Waals surface area contributed by atoms with E-state index in [-0.39, 0.29) is 24.3 Å². The van der Waals surface area contributed by atoms with E-state index in [0.29, 0.717) is 37.3 Å². The number of hydrogen-bond acceptors (Lipinski definition) is 6. The summed E-state index contributed by atoms with van der Waals surface area (Å²) in [6, 6.07) is 14.6. The molecule has 8 nitrogen and oxygen atoms in total. The maximum absolute atomic E-state index is 12.3. The zero-order valence-corrected chi connectivity index (χ0v) is 15.9. The molecule has 2 heterocycles. The van der Waals surface area contributed by atoms with Gasteiger partial charge in [-0.3, -0.25) is 14.5 Å². The van der Waals surface area contributed by atoms with E-state index in [2.05, 4.69) is 15.2 Å². The number of nitrogens with zero attached hydrogens (tertiary/aromatic N) is 3. The van der Waals surface area contributed by atoms with Gasteiger partial charge in [0.2, 0.25) is 0 Å². The van der Waals surface area contributed by atoms with Crippen molar-refractivity contribution in [1.29, 1.82) is 0 Å². The van der Waals surface area contributed by atoms with Crippen molar-refractivity contribution in [2.24, 2.45) is 5.73 Å². The molecule has 0 radical (unpaired) electrons. The highest BCUT2D eigenvalue weighted by atomic mass is 16.3. The zero-order valence-electron chi connectivity index (χ0n) is 15.9. The minimum Gasteiger partial charge on any atom is -0.390 e. The molecular formula is C21H23N5O3. The molecule has 4 N–H and O–H groups in total. The van der Waals surface area contributed by atoms with Crippen LogP contribution in [0.4, 0.5) is 5.69 Å². The first-order valence-corrected chi connectivity index (χ1v) is 9.54. The lowest BCUT2D eigenvalue weighted by Gasteiger charge is -2.35. The van der Waals surface area contributed by atoms with Gasteiger partial charge in [0, 0.05) is 37.4 Å². The molecule has 1 aromatic heterocycles. The van der Waals surface area contributed by atoms with Crippen LogP contribution < -0.4 is 11.1 Å². The average molecular weight is 393 g/mol. The Hall–Kier alpha value is -3.23. The Kier molecular flexibility index (Phi) is 5.28. The third kappa shape index (κ3) is 4.13. The quantitative estimate of drug-likeness (QED) is 0.494. The highest BCUT2D eigenvalue weighted by molar-refractivity contribution is 5.99. The first kappa shape index (κ1) is 19.1. The van der Waals surface area contributed by atoms with Crippen LogP contribution in [0, 0.1) is 0 Å². The second-order valence-electron chi connectivity index (χ2n) is 7.21. The number of carbonyl (C=O) groups excluding carboxylic acids is 2. The lowest BCUT2D eigenvalue weighted by atomic mass is 10.1. The van der Waals surface area contributed by atoms with Crippen molar-refractivity contribution < 1.29 is 14.7 Å². The van der Waals surface area contributed by atoms with Crippen LogP contribution in [0.15, 0.2) is 48.5 Å². The zero-order chi connectivity index (χ0) is 20.4. The average Bonchev–Trinajstić information content (AvgIpc) is 3.07. The van der Waals surface area contributed by atoms with Gasteiger partial charge in [-0.05, 0) is 18.2 Å². The van der Waals surface area contributed by atoms with Crippen molar-refractivity contribution in [2.75, 3.05) is 31.5 Å². The fourth-order valence-electron chi connectivity index (χ4n) is 3.53. The Labute approximate surface area is 167 Å². The topological polar surface area (TPSA) is 113 Å². The van der Waals surface area contributed by atoms with Crippen LogP contribution in [0.25, 0.3) is 11.0 Å². The number of nitrogens with one attached hydrogen (secondary N) is 1. The predicted molar refractivity (Wildman–Crippen MR) is 110 cm³/mol. The first-order valence-electron chi connectivity index (χ1n) is 9.54. The monoisotopic (exact) mass is 393 g/mol. The molecule has 0 spiro atoms. The number of benzene rings is 2. The van der Waals surface area contributed by atoms with Crippen molar-refractivity contribution >= 4 is 28.4 Å². The van der Waals surface area contributed by atoms with Crippen LogP contribution in [-0.2, 0) is 6.54 Å². The molecule has 4 rings (SSSR count). The lowest BCUT2D eigenvalue weighted by Crippen LogP contribution is -2.51. The smallest absolute Gasteiger partial charge is 0.284 e. The summed E-state index contributed by atoms with van der Waals surface area (Å²) in [5, 5.41) is 12.5. The number of ketones is 1. The molecule has 1 saturated heterocycles. The van der Waals surface area contributed by atoms with E-state index in [0.717, 1.165) is 11.2 Å². The molecule has 0 atom stereocenters. The second kappa shape index (κ2) is 8.02. The number of β-amino-alcohol motifs (C(OH)–C–C–N with tert-alkyl or cyclic N) is 1. The van der Waals surface area contributed by atoms with Gasteiger partial charge in [0.25, 0.3) is 5.91 Å². The number of aliphatic hydroxyl groups excluding tert-OH is 1. The molecule has 1 aliphatic heterocycles. The van der Waals surface area contributed by atoms with Crippen molar-refractivity contribution in [2.45, 2.75) is 12.6 Å². The first-order chi connectivity index (χ1) is 14.0. The van der Waals surface area contributed by atoms with E-state index >= 15 is 0 Å². The molecule has 1 amide bonds. The maximum Gasteiger partial charge on any atom is 0.284 e. The number of imidazole rings is 1. The maximum atomic E-state index is 12.3. The largest absolute Gasteiger partial charge is 0.390 e. The number of likely N-dealkylation sites (tertiary alicyclic amines) is 1. The Morgan fingerprint density at radius 1 is 1.14 bits per heavy atom. The summed E-state index contributed by atoms with van der Waals surface area (Å²) < 4.78 is 1.81. The normalized spacial score (nSPS) is 14.7. The SMILES string of the molecule is NC(=O)c1nc2cc(NCC(=O)c3ccccc3)ccc2n1CCN1CC(O)C1. The summed E-state index contributed by atoms with van der Waals surface area (Å²) in [5.74, 6) is -0.386. The van der Waals surface area contributed by atoms with E-state index in [1.165, 1.54) is 0 Å². The molecule has 1 fully saturated rings. The number of anilines is 1. The van der Waals surface area contributed by atoms with Crippen LogP contribution in [0.1, 0.15) is 21.0 Å². The van der Waals surface area contributed by atoms with Crippen molar-refractivity contribution in [3.8, 4) is 0 Å². The van der Waals surface area contributed by atoms with E-state index in [9.17, 15) is 14.7 Å². The van der Waals surface area contributed by atoms with Gasteiger partial charge in [-0.1, -0.05) is 30.3 Å². The minimum absolute atomic E-state index is 0.00853. The van der Waals surface area contributed by atoms with Gasteiger partial charge in [-0.25, -0.2) is 4.98 Å². The van der Waals surface area contributed by atoms with Crippen molar-refractivity contribution in [3.63, 3.8) is 0 Å². The van der Waals surface area contributed by atoms with Crippen molar-refractivity contribution in [3.05, 3.63) is 59.9 Å². The van der Waals surface area contributed by atoms with E-state index in [4.69, 9.17) is 5.73 Å². The van der Waals surface area contributed by atoms with Gasteiger partial charge in [0.05, 0.1) is 23.7 Å². The summed E-state index contributed by atoms with van der Waals surface area (Å²) >= 11 is 0. The molecule has 2 aromatic carbocycles. The van der Waals surface area contributed by atoms with Crippen LogP contribution in [0.3, 0.4) is 0 Å². The summed E-state index contributed by atoms with van der Waals surface area (Å²) in [4.78, 5) is 30.6. The third-order valence-corrected chi connectivity index (χ3v) is 5.10. The molecule has 0 unspecified atom stereocenters. The third-order valence-electron chi connectivity index (χ3n) is 5.10. The standard InChI is InChI=1S/C21H23N5O3/c22-20(29)21-24-17-10-15(23-11-19(28)14-4-2-1-3-5-14)6-7-18(17)26(21)9-8-25-12-16(27)13-25/h1-7,10,16,23,27H,8-9,11-13H2,(H2,22,29). The van der Waals surface area contributed by atoms with E-state index in [1.807, 2.05) is 36.4 Å². The summed E-state index contributed by atoms with van der Waals surface area (Å²) in [7, 11) is 0. The molecule has 3 aromatic rings. The van der Waals surface area contributed by atoms with E-state index < -0.39 is 5.91 Å². The summed E-state index contributed by atoms with van der Waals surface area (Å²) in [5.41, 5.74) is 8.36. The number of rotatable bonds is 8. The van der Waals surface area contributed by atoms with Crippen molar-refractivity contribution in [1.82, 2.24) is 14.5 Å². The molecular weight excluding hydrogens is 370 g/mol. The number of carbonyl (C=O) groups is 2. The number of amides is 1. The number of primary amides is 1. The number of aromatic nitrogens is 2. The Morgan fingerprint density at radius 2 is 1.90 bits per heavy atom. The number of fused-ring (bicyclic) bond motifs is 1. The van der Waals surface area contributed by atoms with E-state index in [1.54, 1.807) is 16.7 Å². The van der Waals surface area contributed by atoms with Gasteiger partial charge in [0.15, 0.2) is 11.6 Å². The highest BCUT2D eigenvalue weighted by Gasteiger charge is 2.24. The molecule has 0 saturated carbocycles. The number of Topliss-reactive ketones (excluding diaryl/α,β-unsaturated/α-hetero) is 1. The Morgan fingerprint density at radius 3 is 2.59 bits per heavy atom. The molecule has 150 valence electrons. The molecule has 8 heteroatoms. The van der Waals surface area contributed by atoms with Gasteiger partial charge in [0.1, 0.15) is 0 Å². The highest BCUT2D eigenvalue weighted by Crippen LogP contribution is 2.21. The number of aliphatic hydroxyl groups is 1. The fraction of sp³-hybridized carbons (Fsp3) is 0.286. The molecule has 29 heavy (non-hydrogen) atoms. The molecule has 0 bridgehead atoms. The molecule has 1 aliphatic rings. The van der Waals surface area contributed by atoms with Crippen LogP contribution in [-0.4, -0.2) is 63.5 Å². The van der Waals surface area contributed by atoms with Crippen LogP contribution in [0.2, 0.25) is 0 Å². The van der Waals surface area contributed by atoms with Gasteiger partial charge < -0.3 is 20.7 Å². The fourth-order valence-corrected chi connectivity index (χ4v) is 3.53. The predicted octanol–water partition coefficient (Wildman–Crippen LogP) is 1.11. The van der Waals surface area contributed by atoms with Gasteiger partial charge >= 0.3 is 0 Å². The van der Waals surface area contributed by atoms with Crippen LogP contribution in [0.5, 0.6) is 0 Å². The summed E-state index contributed by atoms with van der Waals surface area (Å²) in [6.07, 6.45) is -0.266. The van der Waals surface area contributed by atoms with Crippen LogP contribution >= 0.6 is 0 Å². The number of nitrogens with two attached hydrogens (primary N) is 1. The minimum atomic E-state index is -0.585. The van der Waals surface area contributed by atoms with Gasteiger partial charge in [-0.2, -0.15) is 0 Å². The molecule has 0 aliphatic carbocycles. The number of hydrogen-bond donors (Lipinski definition) is 3.